The lowest BCUT2D eigenvalue weighted by molar-refractivity contribution is 0.621. The van der Waals surface area contributed by atoms with E-state index in [1.54, 1.807) is 0 Å². The smallest absolute Gasteiger partial charge is 0.0205 e. The topological polar surface area (TPSA) is 12.0 Å². The van der Waals surface area contributed by atoms with Crippen LogP contribution >= 0.6 is 11.8 Å². The summed E-state index contributed by atoms with van der Waals surface area (Å²) in [5.74, 6) is 1.87. The predicted molar refractivity (Wildman–Crippen MR) is 78.1 cm³/mol. The minimum absolute atomic E-state index is 0.662. The molecular formula is C16H17NS. The minimum atomic E-state index is 0.662. The Hall–Kier alpha value is -1.25. The van der Waals surface area contributed by atoms with Crippen molar-refractivity contribution < 1.29 is 0 Å². The molecule has 1 aliphatic heterocycles. The molecule has 0 radical (unpaired) electrons. The van der Waals surface area contributed by atoms with Crippen molar-refractivity contribution in [2.45, 2.75) is 17.4 Å². The first kappa shape index (κ1) is 11.8. The molecule has 0 aliphatic carbocycles. The zero-order chi connectivity index (χ0) is 12.2. The monoisotopic (exact) mass is 255 g/mol. The Kier molecular flexibility index (Phi) is 3.67. The highest BCUT2D eigenvalue weighted by molar-refractivity contribution is 7.99. The second-order valence-corrected chi connectivity index (χ2v) is 5.72. The molecule has 1 N–H and O–H groups in total. The van der Waals surface area contributed by atoms with Crippen molar-refractivity contribution in [1.82, 2.24) is 5.32 Å². The van der Waals surface area contributed by atoms with Gasteiger partial charge in [-0.05, 0) is 17.2 Å². The van der Waals surface area contributed by atoms with Gasteiger partial charge in [0.2, 0.25) is 0 Å². The number of thioether (sulfide) groups is 1. The molecule has 1 atom stereocenters. The standard InChI is InChI=1S/C16H17NS/c1-2-6-13(7-3-1)10-17-11-14-12-18-16-9-5-4-8-15(14)16/h1-9,14,17H,10-12H2. The van der Waals surface area contributed by atoms with Crippen LogP contribution in [0.25, 0.3) is 0 Å². The molecule has 0 saturated heterocycles. The van der Waals surface area contributed by atoms with E-state index >= 15 is 0 Å². The van der Waals surface area contributed by atoms with E-state index in [4.69, 9.17) is 0 Å². The molecule has 18 heavy (non-hydrogen) atoms. The van der Waals surface area contributed by atoms with Gasteiger partial charge in [-0.3, -0.25) is 0 Å². The molecule has 92 valence electrons. The van der Waals surface area contributed by atoms with Gasteiger partial charge in [0, 0.05) is 29.7 Å². The predicted octanol–water partition coefficient (Wildman–Crippen LogP) is 3.67. The fourth-order valence-electron chi connectivity index (χ4n) is 2.38. The quantitative estimate of drug-likeness (QED) is 0.894. The average molecular weight is 255 g/mol. The van der Waals surface area contributed by atoms with Crippen LogP contribution in [0.2, 0.25) is 0 Å². The molecule has 2 aromatic rings. The Balaban J connectivity index is 1.56. The van der Waals surface area contributed by atoms with Gasteiger partial charge in [-0.25, -0.2) is 0 Å². The van der Waals surface area contributed by atoms with Crippen molar-refractivity contribution >= 4 is 11.8 Å². The molecule has 0 bridgehead atoms. The molecule has 1 aliphatic rings. The fourth-order valence-corrected chi connectivity index (χ4v) is 3.64. The summed E-state index contributed by atoms with van der Waals surface area (Å²) in [6.45, 7) is 2.03. The van der Waals surface area contributed by atoms with E-state index < -0.39 is 0 Å². The maximum Gasteiger partial charge on any atom is 0.0205 e. The summed E-state index contributed by atoms with van der Waals surface area (Å²) in [6, 6.07) is 19.4. The van der Waals surface area contributed by atoms with E-state index in [0.29, 0.717) is 5.92 Å². The highest BCUT2D eigenvalue weighted by atomic mass is 32.2. The summed E-state index contributed by atoms with van der Waals surface area (Å²) in [4.78, 5) is 1.46. The average Bonchev–Trinajstić information content (AvgIpc) is 2.84. The SMILES string of the molecule is c1ccc(CNCC2CSc3ccccc32)cc1. The molecule has 0 saturated carbocycles. The van der Waals surface area contributed by atoms with Gasteiger partial charge in [0.05, 0.1) is 0 Å². The number of hydrogen-bond acceptors (Lipinski definition) is 2. The Morgan fingerprint density at radius 3 is 2.67 bits per heavy atom. The first-order valence-electron chi connectivity index (χ1n) is 6.40. The van der Waals surface area contributed by atoms with Crippen molar-refractivity contribution in [3.8, 4) is 0 Å². The van der Waals surface area contributed by atoms with E-state index in [1.807, 2.05) is 11.8 Å². The van der Waals surface area contributed by atoms with E-state index in [2.05, 4.69) is 59.9 Å². The van der Waals surface area contributed by atoms with Gasteiger partial charge in [-0.1, -0.05) is 48.5 Å². The Morgan fingerprint density at radius 1 is 1.00 bits per heavy atom. The Bertz CT molecular complexity index is 510. The summed E-state index contributed by atoms with van der Waals surface area (Å²) in [7, 11) is 0. The lowest BCUT2D eigenvalue weighted by Gasteiger charge is -2.12. The highest BCUT2D eigenvalue weighted by Crippen LogP contribution is 2.38. The van der Waals surface area contributed by atoms with Crippen LogP contribution in [0.1, 0.15) is 17.0 Å². The number of nitrogens with one attached hydrogen (secondary N) is 1. The lowest BCUT2D eigenvalue weighted by Crippen LogP contribution is -2.21. The van der Waals surface area contributed by atoms with E-state index in [9.17, 15) is 0 Å². The maximum atomic E-state index is 3.57. The van der Waals surface area contributed by atoms with Crippen molar-refractivity contribution in [2.24, 2.45) is 0 Å². The molecule has 0 aromatic heterocycles. The summed E-state index contributed by atoms with van der Waals surface area (Å²) in [6.07, 6.45) is 0. The Labute approximate surface area is 113 Å². The zero-order valence-corrected chi connectivity index (χ0v) is 11.1. The third kappa shape index (κ3) is 2.60. The highest BCUT2D eigenvalue weighted by Gasteiger charge is 2.21. The Morgan fingerprint density at radius 2 is 1.78 bits per heavy atom. The van der Waals surface area contributed by atoms with E-state index in [0.717, 1.165) is 13.1 Å². The van der Waals surface area contributed by atoms with E-state index in [1.165, 1.54) is 21.8 Å². The van der Waals surface area contributed by atoms with Gasteiger partial charge in [-0.15, -0.1) is 11.8 Å². The van der Waals surface area contributed by atoms with Gasteiger partial charge in [0.1, 0.15) is 0 Å². The molecule has 0 spiro atoms. The largest absolute Gasteiger partial charge is 0.312 e. The van der Waals surface area contributed by atoms with Gasteiger partial charge in [-0.2, -0.15) is 0 Å². The molecular weight excluding hydrogens is 238 g/mol. The van der Waals surface area contributed by atoms with Crippen molar-refractivity contribution in [3.63, 3.8) is 0 Å². The molecule has 0 fully saturated rings. The summed E-state index contributed by atoms with van der Waals surface area (Å²) in [5, 5.41) is 3.57. The fraction of sp³-hybridized carbons (Fsp3) is 0.250. The molecule has 3 rings (SSSR count). The van der Waals surface area contributed by atoms with Crippen LogP contribution < -0.4 is 5.32 Å². The van der Waals surface area contributed by atoms with Crippen LogP contribution in [0.3, 0.4) is 0 Å². The third-order valence-electron chi connectivity index (χ3n) is 3.36. The van der Waals surface area contributed by atoms with Gasteiger partial charge in [0.25, 0.3) is 0 Å². The van der Waals surface area contributed by atoms with Crippen LogP contribution in [0.4, 0.5) is 0 Å². The number of benzene rings is 2. The molecule has 1 unspecified atom stereocenters. The maximum absolute atomic E-state index is 3.57. The normalized spacial score (nSPS) is 17.7. The van der Waals surface area contributed by atoms with Crippen LogP contribution in [0.5, 0.6) is 0 Å². The first-order chi connectivity index (χ1) is 8.93. The minimum Gasteiger partial charge on any atom is -0.312 e. The van der Waals surface area contributed by atoms with Gasteiger partial charge >= 0.3 is 0 Å². The van der Waals surface area contributed by atoms with Crippen LogP contribution in [0.15, 0.2) is 59.5 Å². The van der Waals surface area contributed by atoms with Crippen LogP contribution in [-0.2, 0) is 6.54 Å². The second-order valence-electron chi connectivity index (χ2n) is 4.66. The van der Waals surface area contributed by atoms with Crippen LogP contribution in [-0.4, -0.2) is 12.3 Å². The van der Waals surface area contributed by atoms with Crippen molar-refractivity contribution in [2.75, 3.05) is 12.3 Å². The summed E-state index contributed by atoms with van der Waals surface area (Å²) < 4.78 is 0. The van der Waals surface area contributed by atoms with Gasteiger partial charge in [0.15, 0.2) is 0 Å². The molecule has 2 aromatic carbocycles. The summed E-state index contributed by atoms with van der Waals surface area (Å²) in [5.41, 5.74) is 2.87. The second kappa shape index (κ2) is 5.59. The van der Waals surface area contributed by atoms with Crippen molar-refractivity contribution in [1.29, 1.82) is 0 Å². The van der Waals surface area contributed by atoms with Crippen LogP contribution in [0, 0.1) is 0 Å². The third-order valence-corrected chi connectivity index (χ3v) is 4.61. The molecule has 2 heteroatoms. The van der Waals surface area contributed by atoms with Crippen molar-refractivity contribution in [3.05, 3.63) is 65.7 Å². The number of fused-ring (bicyclic) bond motifs is 1. The lowest BCUT2D eigenvalue weighted by atomic mass is 10.0. The number of hydrogen-bond donors (Lipinski definition) is 1. The molecule has 1 heterocycles. The molecule has 0 amide bonds. The van der Waals surface area contributed by atoms with E-state index in [-0.39, 0.29) is 0 Å². The molecule has 1 nitrogen and oxygen atoms in total. The zero-order valence-electron chi connectivity index (χ0n) is 10.3. The van der Waals surface area contributed by atoms with Gasteiger partial charge < -0.3 is 5.32 Å². The number of rotatable bonds is 4. The first-order valence-corrected chi connectivity index (χ1v) is 7.38. The summed E-state index contributed by atoms with van der Waals surface area (Å²) >= 11 is 1.98.